The molecule has 0 spiro atoms. The van der Waals surface area contributed by atoms with E-state index in [4.69, 9.17) is 16.3 Å². The maximum Gasteiger partial charge on any atom is 0.309 e. The first-order valence-corrected chi connectivity index (χ1v) is 21.8. The molecule has 0 radical (unpaired) electrons. The molecule has 5 saturated carbocycles. The molecule has 1 amide bonds. The second-order valence-electron chi connectivity index (χ2n) is 21.0. The van der Waals surface area contributed by atoms with Crippen LogP contribution in [0, 0.1) is 56.7 Å². The number of fused-ring (bicyclic) bond motifs is 7. The Kier molecular flexibility index (Phi) is 11.4. The van der Waals surface area contributed by atoms with E-state index in [1.807, 2.05) is 24.3 Å². The molecule has 0 heterocycles. The lowest BCUT2D eigenvalue weighted by atomic mass is 9.36. The third kappa shape index (κ3) is 7.34. The van der Waals surface area contributed by atoms with Gasteiger partial charge in [-0.25, -0.2) is 0 Å². The molecule has 0 aliphatic heterocycles. The Morgan fingerprint density at radius 2 is 1.57 bits per heavy atom. The lowest BCUT2D eigenvalue weighted by Crippen LogP contribution is -2.63. The summed E-state index contributed by atoms with van der Waals surface area (Å²) in [4.78, 5) is 48.5. The summed E-state index contributed by atoms with van der Waals surface area (Å²) in [6.07, 6.45) is 14.5. The van der Waals surface area contributed by atoms with Gasteiger partial charge >= 0.3 is 11.9 Å². The Balaban J connectivity index is 0.000000343. The molecule has 56 heavy (non-hydrogen) atoms. The Labute approximate surface area is 341 Å². The number of esters is 1. The second kappa shape index (κ2) is 15.0. The zero-order valence-corrected chi connectivity index (χ0v) is 36.5. The van der Waals surface area contributed by atoms with Crippen LogP contribution in [0.2, 0.25) is 5.02 Å². The van der Waals surface area contributed by atoms with Gasteiger partial charge in [-0.1, -0.05) is 76.9 Å². The average Bonchev–Trinajstić information content (AvgIpc) is 3.80. The van der Waals surface area contributed by atoms with E-state index in [1.54, 1.807) is 13.8 Å². The fraction of sp³-hybridized carbons (Fsp3) is 0.708. The van der Waals surface area contributed by atoms with Crippen molar-refractivity contribution in [1.29, 1.82) is 0 Å². The van der Waals surface area contributed by atoms with Gasteiger partial charge in [0.05, 0.1) is 17.4 Å². The van der Waals surface area contributed by atoms with Crippen LogP contribution in [0.5, 0.6) is 0 Å². The van der Waals surface area contributed by atoms with Crippen molar-refractivity contribution >= 4 is 35.7 Å². The lowest BCUT2D eigenvalue weighted by molar-refractivity contribution is -0.213. The number of carbonyl (C=O) groups excluding carboxylic acids is 3. The number of hydrogen-bond acceptors (Lipinski definition) is 5. The maximum absolute atomic E-state index is 13.6. The highest BCUT2D eigenvalue weighted by Gasteiger charge is 2.66. The molecule has 1 aromatic rings. The van der Waals surface area contributed by atoms with Crippen LogP contribution in [0.1, 0.15) is 152 Å². The van der Waals surface area contributed by atoms with Gasteiger partial charge in [0.25, 0.3) is 0 Å². The van der Waals surface area contributed by atoms with Crippen LogP contribution in [-0.2, 0) is 29.5 Å². The van der Waals surface area contributed by atoms with E-state index in [-0.39, 0.29) is 45.6 Å². The van der Waals surface area contributed by atoms with Gasteiger partial charge in [0.1, 0.15) is 6.10 Å². The largest absolute Gasteiger partial charge is 0.481 e. The number of rotatable bonds is 9. The number of benzene rings is 1. The van der Waals surface area contributed by atoms with Gasteiger partial charge in [-0.3, -0.25) is 19.2 Å². The first-order chi connectivity index (χ1) is 26.1. The molecule has 5 fully saturated rings. The molecular weight excluding hydrogens is 722 g/mol. The van der Waals surface area contributed by atoms with Crippen molar-refractivity contribution in [2.24, 2.45) is 56.7 Å². The minimum absolute atomic E-state index is 0.0693. The van der Waals surface area contributed by atoms with E-state index in [2.05, 4.69) is 66.8 Å². The first-order valence-electron chi connectivity index (χ1n) is 21.4. The number of amides is 1. The molecular formula is C48H68ClNO6. The van der Waals surface area contributed by atoms with E-state index >= 15 is 0 Å². The van der Waals surface area contributed by atoms with E-state index in [1.165, 1.54) is 36.8 Å². The maximum atomic E-state index is 13.6. The van der Waals surface area contributed by atoms with Crippen LogP contribution in [0.4, 0.5) is 0 Å². The highest BCUT2D eigenvalue weighted by atomic mass is 35.5. The van der Waals surface area contributed by atoms with Gasteiger partial charge in [0.15, 0.2) is 5.78 Å². The molecule has 0 aromatic heterocycles. The molecule has 1 aromatic carbocycles. The SMILES string of the molecule is CC(C)=CC12CCC3C(CCC4C3(C)CCC3C(C)(C)C(OC(=O)CC(C)(C)C(=O)O)CCC34C)C1=C(C(C)C)C(=O)C2.O=CNC1(c2ccc(Cl)cc2)CC1. The van der Waals surface area contributed by atoms with Crippen molar-refractivity contribution in [2.75, 3.05) is 0 Å². The number of carboxylic acids is 1. The van der Waals surface area contributed by atoms with Gasteiger partial charge in [-0.15, -0.1) is 0 Å². The van der Waals surface area contributed by atoms with Crippen LogP contribution in [0.15, 0.2) is 47.1 Å². The minimum Gasteiger partial charge on any atom is -0.481 e. The topological polar surface area (TPSA) is 110 Å². The van der Waals surface area contributed by atoms with Crippen molar-refractivity contribution in [3.63, 3.8) is 0 Å². The Hall–Kier alpha value is -2.93. The number of aliphatic carboxylic acids is 1. The molecule has 0 saturated heterocycles. The highest BCUT2D eigenvalue weighted by Crippen LogP contribution is 2.73. The smallest absolute Gasteiger partial charge is 0.309 e. The Morgan fingerprint density at radius 1 is 0.929 bits per heavy atom. The van der Waals surface area contributed by atoms with Crippen molar-refractivity contribution in [3.8, 4) is 0 Å². The van der Waals surface area contributed by atoms with Crippen LogP contribution in [0.3, 0.4) is 0 Å². The summed E-state index contributed by atoms with van der Waals surface area (Å²) in [5.74, 6) is 1.46. The second-order valence-corrected chi connectivity index (χ2v) is 21.4. The van der Waals surface area contributed by atoms with Gasteiger partial charge in [0, 0.05) is 22.3 Å². The average molecular weight is 791 g/mol. The van der Waals surface area contributed by atoms with Crippen molar-refractivity contribution in [2.45, 2.75) is 158 Å². The predicted octanol–water partition coefficient (Wildman–Crippen LogP) is 11.0. The third-order valence-corrected chi connectivity index (χ3v) is 16.3. The number of allylic oxidation sites excluding steroid dienone is 4. The molecule has 8 unspecified atom stereocenters. The molecule has 8 heteroatoms. The standard InChI is InChI=1S/C38H58O5.C10H10ClNO/c1-22(2)19-38-18-13-25-24(32(38)31(23(3)4)26(39)20-38)11-12-28-36(25,9)16-14-27-35(7,8)29(15-17-37(27,28)10)43-30(40)21-34(5,6)33(41)42;11-9-3-1-8(2-4-9)10(5-6-10)12-7-13/h19,23-25,27-29H,11-18,20-21H2,1-10H3,(H,41,42);1-4,7H,5-6H2,(H,12,13). The fourth-order valence-corrected chi connectivity index (χ4v) is 13.5. The quantitative estimate of drug-likeness (QED) is 0.146. The van der Waals surface area contributed by atoms with Crippen molar-refractivity contribution < 1.29 is 29.0 Å². The summed E-state index contributed by atoms with van der Waals surface area (Å²) in [6.45, 7) is 21.7. The van der Waals surface area contributed by atoms with Gasteiger partial charge < -0.3 is 15.2 Å². The van der Waals surface area contributed by atoms with E-state index in [0.717, 1.165) is 61.1 Å². The van der Waals surface area contributed by atoms with Gasteiger partial charge in [-0.2, -0.15) is 0 Å². The van der Waals surface area contributed by atoms with Crippen LogP contribution < -0.4 is 5.32 Å². The molecule has 2 N–H and O–H groups in total. The van der Waals surface area contributed by atoms with E-state index in [9.17, 15) is 24.3 Å². The van der Waals surface area contributed by atoms with E-state index < -0.39 is 17.4 Å². The summed E-state index contributed by atoms with van der Waals surface area (Å²) in [7, 11) is 0. The van der Waals surface area contributed by atoms with Crippen molar-refractivity contribution in [1.82, 2.24) is 5.32 Å². The predicted molar refractivity (Wildman–Crippen MR) is 222 cm³/mol. The van der Waals surface area contributed by atoms with E-state index in [0.29, 0.717) is 35.9 Å². The summed E-state index contributed by atoms with van der Waals surface area (Å²) in [5, 5.41) is 13.1. The number of halogens is 1. The zero-order valence-electron chi connectivity index (χ0n) is 35.8. The molecule has 8 atom stereocenters. The molecule has 7 nitrogen and oxygen atoms in total. The monoisotopic (exact) mass is 789 g/mol. The Morgan fingerprint density at radius 3 is 2.14 bits per heavy atom. The zero-order chi connectivity index (χ0) is 41.2. The number of carbonyl (C=O) groups is 4. The van der Waals surface area contributed by atoms with Crippen molar-refractivity contribution in [3.05, 3.63) is 57.6 Å². The molecule has 308 valence electrons. The van der Waals surface area contributed by atoms with Gasteiger partial charge in [0.2, 0.25) is 6.41 Å². The normalized spacial score (nSPS) is 35.1. The van der Waals surface area contributed by atoms with Crippen LogP contribution in [-0.4, -0.2) is 35.3 Å². The number of carboxylic acid groups (broad SMARTS) is 1. The summed E-state index contributed by atoms with van der Waals surface area (Å²) in [6, 6.07) is 7.63. The number of ether oxygens (including phenoxy) is 1. The summed E-state index contributed by atoms with van der Waals surface area (Å²) < 4.78 is 6.12. The fourth-order valence-electron chi connectivity index (χ4n) is 13.4. The van der Waals surface area contributed by atoms with Crippen LogP contribution >= 0.6 is 11.6 Å². The molecule has 7 rings (SSSR count). The van der Waals surface area contributed by atoms with Crippen LogP contribution in [0.25, 0.3) is 0 Å². The third-order valence-electron chi connectivity index (χ3n) is 16.1. The first kappa shape index (κ1) is 42.7. The number of hydrogen-bond donors (Lipinski definition) is 2. The summed E-state index contributed by atoms with van der Waals surface area (Å²) >= 11 is 5.77. The number of nitrogens with one attached hydrogen (secondary N) is 1. The molecule has 6 aliphatic carbocycles. The number of ketones is 1. The molecule has 0 bridgehead atoms. The number of Topliss-reactive ketones (excluding diaryl/α,β-unsaturated/α-hetero) is 1. The molecule has 6 aliphatic rings. The highest BCUT2D eigenvalue weighted by molar-refractivity contribution is 6.30. The summed E-state index contributed by atoms with van der Waals surface area (Å²) in [5.41, 5.74) is 4.08. The minimum atomic E-state index is -1.13. The Bertz CT molecular complexity index is 1780. The lowest BCUT2D eigenvalue weighted by Gasteiger charge is -2.68. The van der Waals surface area contributed by atoms with Gasteiger partial charge in [-0.05, 0) is 161 Å².